The highest BCUT2D eigenvalue weighted by Crippen LogP contribution is 2.10. The highest BCUT2D eigenvalue weighted by molar-refractivity contribution is 7.74. The van der Waals surface area contributed by atoms with Crippen LogP contribution < -0.4 is 0 Å². The molecular weight excluding hydrogens is 178 g/mol. The van der Waals surface area contributed by atoms with Gasteiger partial charge in [-0.2, -0.15) is 13.6 Å². The molecular formula is C7H15NO3S. The van der Waals surface area contributed by atoms with Gasteiger partial charge in [-0.05, 0) is 12.8 Å². The maximum atomic E-state index is 10.3. The van der Waals surface area contributed by atoms with Gasteiger partial charge in [0.2, 0.25) is 0 Å². The highest BCUT2D eigenvalue weighted by atomic mass is 32.2. The first kappa shape index (κ1) is 10.1. The Balaban J connectivity index is 2.24. The third-order valence-electron chi connectivity index (χ3n) is 1.98. The molecule has 1 heterocycles. The lowest BCUT2D eigenvalue weighted by molar-refractivity contribution is -0.0578. The van der Waals surface area contributed by atoms with E-state index in [1.54, 1.807) is 5.06 Å². The molecule has 0 bridgehead atoms. The number of hydrogen-bond donors (Lipinski definition) is 1. The summed E-state index contributed by atoms with van der Waals surface area (Å²) < 4.78 is 23.5. The van der Waals surface area contributed by atoms with Crippen LogP contribution in [0.15, 0.2) is 0 Å². The lowest BCUT2D eigenvalue weighted by atomic mass is 10.1. The standard InChI is InChI=1S/C7H15NO3S/c9-12(10)11-8-6-4-2-1-3-5-7-8/h1-7H2,(H,9,10). The molecule has 1 fully saturated rings. The van der Waals surface area contributed by atoms with E-state index in [-0.39, 0.29) is 0 Å². The molecule has 0 aliphatic carbocycles. The molecule has 0 saturated carbocycles. The van der Waals surface area contributed by atoms with Gasteiger partial charge in [-0.15, -0.1) is 0 Å². The van der Waals surface area contributed by atoms with Crippen LogP contribution in [0.25, 0.3) is 0 Å². The van der Waals surface area contributed by atoms with Crippen LogP contribution in [0.4, 0.5) is 0 Å². The third kappa shape index (κ3) is 4.15. The summed E-state index contributed by atoms with van der Waals surface area (Å²) in [5.74, 6) is 0. The molecule has 1 atom stereocenters. The molecule has 5 heteroatoms. The third-order valence-corrected chi connectivity index (χ3v) is 2.32. The molecule has 1 N–H and O–H groups in total. The molecule has 72 valence electrons. The van der Waals surface area contributed by atoms with Crippen LogP contribution in [0, 0.1) is 0 Å². The number of hydroxylamine groups is 2. The Bertz CT molecular complexity index is 146. The smallest absolute Gasteiger partial charge is 0.283 e. The molecule has 1 aliphatic rings. The molecule has 1 rings (SSSR count). The predicted molar refractivity (Wildman–Crippen MR) is 46.5 cm³/mol. The van der Waals surface area contributed by atoms with Crippen LogP contribution in [0.2, 0.25) is 0 Å². The fourth-order valence-electron chi connectivity index (χ4n) is 1.38. The summed E-state index contributed by atoms with van der Waals surface area (Å²) in [6, 6.07) is 0. The second kappa shape index (κ2) is 5.64. The zero-order valence-electron chi connectivity index (χ0n) is 7.07. The van der Waals surface area contributed by atoms with Crippen molar-refractivity contribution in [3.8, 4) is 0 Å². The first-order valence-electron chi connectivity index (χ1n) is 4.33. The molecule has 0 aromatic heterocycles. The quantitative estimate of drug-likeness (QED) is 0.672. The van der Waals surface area contributed by atoms with Crippen molar-refractivity contribution in [2.24, 2.45) is 0 Å². The zero-order chi connectivity index (χ0) is 8.81. The predicted octanol–water partition coefficient (Wildman–Crippen LogP) is 1.32. The molecule has 1 unspecified atom stereocenters. The summed E-state index contributed by atoms with van der Waals surface area (Å²) in [6.07, 6.45) is 5.76. The van der Waals surface area contributed by atoms with Gasteiger partial charge in [-0.25, -0.2) is 0 Å². The summed E-state index contributed by atoms with van der Waals surface area (Å²) in [6.45, 7) is 1.54. The van der Waals surface area contributed by atoms with E-state index in [2.05, 4.69) is 4.28 Å². The molecule has 1 saturated heterocycles. The van der Waals surface area contributed by atoms with Gasteiger partial charge in [0.05, 0.1) is 0 Å². The lowest BCUT2D eigenvalue weighted by Crippen LogP contribution is -2.28. The van der Waals surface area contributed by atoms with Crippen LogP contribution in [0.5, 0.6) is 0 Å². The van der Waals surface area contributed by atoms with Gasteiger partial charge in [-0.3, -0.25) is 4.55 Å². The van der Waals surface area contributed by atoms with E-state index in [0.29, 0.717) is 0 Å². The average molecular weight is 193 g/mol. The van der Waals surface area contributed by atoms with E-state index in [0.717, 1.165) is 25.9 Å². The molecule has 0 amide bonds. The Morgan fingerprint density at radius 2 is 1.58 bits per heavy atom. The summed E-state index contributed by atoms with van der Waals surface area (Å²) in [5.41, 5.74) is 0. The summed E-state index contributed by atoms with van der Waals surface area (Å²) >= 11 is -2.15. The Hall–Kier alpha value is 0.0300. The average Bonchev–Trinajstić information content (AvgIpc) is 1.93. The number of rotatable bonds is 2. The minimum Gasteiger partial charge on any atom is -0.283 e. The van der Waals surface area contributed by atoms with E-state index >= 15 is 0 Å². The second-order valence-electron chi connectivity index (χ2n) is 2.99. The Morgan fingerprint density at radius 3 is 2.08 bits per heavy atom. The Kier molecular flexibility index (Phi) is 4.75. The lowest BCUT2D eigenvalue weighted by Gasteiger charge is -2.20. The van der Waals surface area contributed by atoms with Gasteiger partial charge in [0.1, 0.15) is 0 Å². The van der Waals surface area contributed by atoms with Crippen LogP contribution in [-0.2, 0) is 15.6 Å². The summed E-state index contributed by atoms with van der Waals surface area (Å²) in [7, 11) is 0. The van der Waals surface area contributed by atoms with Crippen LogP contribution in [0.3, 0.4) is 0 Å². The molecule has 1 aliphatic heterocycles. The first-order chi connectivity index (χ1) is 5.79. The molecule has 4 nitrogen and oxygen atoms in total. The second-order valence-corrected chi connectivity index (χ2v) is 3.57. The first-order valence-corrected chi connectivity index (χ1v) is 5.36. The fourth-order valence-corrected chi connectivity index (χ4v) is 1.71. The van der Waals surface area contributed by atoms with Crippen LogP contribution >= 0.6 is 0 Å². The largest absolute Gasteiger partial charge is 0.319 e. The maximum Gasteiger partial charge on any atom is 0.319 e. The van der Waals surface area contributed by atoms with E-state index < -0.39 is 11.4 Å². The summed E-state index contributed by atoms with van der Waals surface area (Å²) in [5, 5.41) is 1.59. The van der Waals surface area contributed by atoms with Gasteiger partial charge >= 0.3 is 11.4 Å². The molecule has 0 aromatic rings. The Morgan fingerprint density at radius 1 is 1.08 bits per heavy atom. The van der Waals surface area contributed by atoms with Crippen molar-refractivity contribution in [1.82, 2.24) is 5.06 Å². The van der Waals surface area contributed by atoms with Crippen LogP contribution in [-0.4, -0.2) is 26.9 Å². The van der Waals surface area contributed by atoms with Crippen molar-refractivity contribution in [3.63, 3.8) is 0 Å². The van der Waals surface area contributed by atoms with E-state index in [4.69, 9.17) is 4.55 Å². The van der Waals surface area contributed by atoms with Gasteiger partial charge in [0.15, 0.2) is 0 Å². The molecule has 0 aromatic carbocycles. The van der Waals surface area contributed by atoms with E-state index in [9.17, 15) is 4.21 Å². The normalized spacial score (nSPS) is 24.4. The molecule has 0 radical (unpaired) electrons. The summed E-state index contributed by atoms with van der Waals surface area (Å²) in [4.78, 5) is 0. The van der Waals surface area contributed by atoms with Gasteiger partial charge < -0.3 is 0 Å². The van der Waals surface area contributed by atoms with E-state index in [1.807, 2.05) is 0 Å². The minimum atomic E-state index is -2.15. The SMILES string of the molecule is O=S(O)ON1CCCCCCC1. The van der Waals surface area contributed by atoms with Crippen molar-refractivity contribution < 1.29 is 13.0 Å². The van der Waals surface area contributed by atoms with Crippen molar-refractivity contribution in [1.29, 1.82) is 0 Å². The molecule has 0 spiro atoms. The monoisotopic (exact) mass is 193 g/mol. The molecule has 12 heavy (non-hydrogen) atoms. The van der Waals surface area contributed by atoms with E-state index in [1.165, 1.54) is 19.3 Å². The topological polar surface area (TPSA) is 49.8 Å². The van der Waals surface area contributed by atoms with Crippen LogP contribution in [0.1, 0.15) is 32.1 Å². The van der Waals surface area contributed by atoms with Gasteiger partial charge in [-0.1, -0.05) is 19.3 Å². The number of hydrogen-bond acceptors (Lipinski definition) is 3. The van der Waals surface area contributed by atoms with Crippen molar-refractivity contribution in [2.75, 3.05) is 13.1 Å². The minimum absolute atomic E-state index is 0.770. The number of nitrogens with zero attached hydrogens (tertiary/aromatic N) is 1. The maximum absolute atomic E-state index is 10.3. The fraction of sp³-hybridized carbons (Fsp3) is 1.00. The van der Waals surface area contributed by atoms with Gasteiger partial charge in [0, 0.05) is 13.1 Å². The zero-order valence-corrected chi connectivity index (χ0v) is 7.89. The van der Waals surface area contributed by atoms with Gasteiger partial charge in [0.25, 0.3) is 0 Å². The Labute approximate surface area is 75.3 Å². The van der Waals surface area contributed by atoms with Crippen molar-refractivity contribution >= 4 is 11.4 Å². The highest BCUT2D eigenvalue weighted by Gasteiger charge is 2.10. The van der Waals surface area contributed by atoms with Crippen molar-refractivity contribution in [2.45, 2.75) is 32.1 Å². The van der Waals surface area contributed by atoms with Crippen molar-refractivity contribution in [3.05, 3.63) is 0 Å².